The monoisotopic (exact) mass is 352 g/mol. The molecule has 7 nitrogen and oxygen atoms in total. The lowest BCUT2D eigenvalue weighted by atomic mass is 10.1. The molecule has 7 heteroatoms. The number of carbonyl (C=O) groups excluding carboxylic acids is 1. The van der Waals surface area contributed by atoms with Crippen molar-refractivity contribution in [3.8, 4) is 0 Å². The molecule has 0 radical (unpaired) electrons. The van der Waals surface area contributed by atoms with Gasteiger partial charge >= 0.3 is 0 Å². The Labute approximate surface area is 148 Å². The van der Waals surface area contributed by atoms with E-state index < -0.39 is 9.85 Å². The third-order valence-corrected chi connectivity index (χ3v) is 3.73. The summed E-state index contributed by atoms with van der Waals surface area (Å²) in [5.74, 6) is 0. The smallest absolute Gasteiger partial charge is 0.246 e. The normalized spacial score (nSPS) is 12.5. The van der Waals surface area contributed by atoms with Crippen LogP contribution in [0.15, 0.2) is 35.7 Å². The molecule has 0 saturated carbocycles. The second kappa shape index (κ2) is 15.2. The van der Waals surface area contributed by atoms with Gasteiger partial charge in [0.15, 0.2) is 0 Å². The van der Waals surface area contributed by atoms with Crippen molar-refractivity contribution >= 4 is 6.29 Å². The van der Waals surface area contributed by atoms with Gasteiger partial charge in [0.05, 0.1) is 16.3 Å². The maximum Gasteiger partial charge on any atom is 0.246 e. The molecule has 0 aliphatic heterocycles. The predicted molar refractivity (Wildman–Crippen MR) is 97.2 cm³/mol. The second-order valence-corrected chi connectivity index (χ2v) is 5.68. The fourth-order valence-electron chi connectivity index (χ4n) is 2.24. The molecule has 140 valence electrons. The number of carbonyl (C=O) groups is 1. The molecule has 0 aromatic rings. The van der Waals surface area contributed by atoms with Gasteiger partial charge in [0, 0.05) is 12.8 Å². The van der Waals surface area contributed by atoms with Crippen LogP contribution in [0.5, 0.6) is 0 Å². The Morgan fingerprint density at radius 1 is 0.840 bits per heavy atom. The van der Waals surface area contributed by atoms with Gasteiger partial charge in [-0.1, -0.05) is 38.3 Å². The van der Waals surface area contributed by atoms with Crippen molar-refractivity contribution in [2.45, 2.75) is 71.1 Å². The first kappa shape index (κ1) is 22.7. The molecule has 0 spiro atoms. The van der Waals surface area contributed by atoms with E-state index in [0.29, 0.717) is 12.8 Å². The summed E-state index contributed by atoms with van der Waals surface area (Å²) in [7, 11) is 0. The Kier molecular flexibility index (Phi) is 13.8. The van der Waals surface area contributed by atoms with E-state index in [0.717, 1.165) is 44.8 Å². The average molecular weight is 352 g/mol. The maximum absolute atomic E-state index is 11.0. The van der Waals surface area contributed by atoms with E-state index in [1.807, 2.05) is 12.2 Å². The maximum atomic E-state index is 11.0. The number of hydrogen-bond donors (Lipinski definition) is 0. The van der Waals surface area contributed by atoms with Crippen LogP contribution in [0.3, 0.4) is 0 Å². The van der Waals surface area contributed by atoms with Crippen molar-refractivity contribution in [2.75, 3.05) is 0 Å². The molecule has 0 heterocycles. The SMILES string of the molecule is CC/C(=C/C/C(=C/C/C=C/CCCCCCCC=O)[N+](=O)[O-])[N+](=O)[O-]. The zero-order valence-electron chi connectivity index (χ0n) is 14.9. The fourth-order valence-corrected chi connectivity index (χ4v) is 2.24. The Balaban J connectivity index is 4.13. The van der Waals surface area contributed by atoms with Gasteiger partial charge < -0.3 is 4.79 Å². The summed E-state index contributed by atoms with van der Waals surface area (Å²) < 4.78 is 0. The Hall–Kier alpha value is -2.31. The molecule has 0 aromatic carbocycles. The quantitative estimate of drug-likeness (QED) is 0.136. The van der Waals surface area contributed by atoms with Gasteiger partial charge in [-0.3, -0.25) is 20.2 Å². The number of allylic oxidation sites excluding steroid dienone is 5. The van der Waals surface area contributed by atoms with Crippen molar-refractivity contribution in [1.82, 2.24) is 0 Å². The number of rotatable bonds is 15. The topological polar surface area (TPSA) is 103 Å². The summed E-state index contributed by atoms with van der Waals surface area (Å²) in [6.07, 6.45) is 15.2. The van der Waals surface area contributed by atoms with E-state index in [1.165, 1.54) is 12.2 Å². The third kappa shape index (κ3) is 12.7. The molecule has 0 atom stereocenters. The molecular weight excluding hydrogens is 324 g/mol. The molecule has 0 unspecified atom stereocenters. The van der Waals surface area contributed by atoms with E-state index in [-0.39, 0.29) is 24.2 Å². The minimum atomic E-state index is -0.504. The number of hydrogen-bond acceptors (Lipinski definition) is 5. The first-order valence-corrected chi connectivity index (χ1v) is 8.78. The van der Waals surface area contributed by atoms with E-state index in [9.17, 15) is 25.0 Å². The highest BCUT2D eigenvalue weighted by Gasteiger charge is 2.12. The highest BCUT2D eigenvalue weighted by atomic mass is 16.6. The van der Waals surface area contributed by atoms with Gasteiger partial charge in [0.25, 0.3) is 0 Å². The van der Waals surface area contributed by atoms with Gasteiger partial charge in [-0.05, 0) is 37.8 Å². The van der Waals surface area contributed by atoms with Crippen LogP contribution in [0.4, 0.5) is 0 Å². The molecule has 0 aliphatic carbocycles. The molecule has 25 heavy (non-hydrogen) atoms. The molecular formula is C18H28N2O5. The summed E-state index contributed by atoms with van der Waals surface area (Å²) in [5.41, 5.74) is -0.0240. The molecule has 0 N–H and O–H groups in total. The van der Waals surface area contributed by atoms with Crippen molar-refractivity contribution in [3.05, 3.63) is 55.9 Å². The zero-order valence-corrected chi connectivity index (χ0v) is 14.9. The summed E-state index contributed by atoms with van der Waals surface area (Å²) in [6.45, 7) is 1.65. The number of nitro groups is 2. The van der Waals surface area contributed by atoms with Crippen LogP contribution in [0.1, 0.15) is 71.1 Å². The van der Waals surface area contributed by atoms with Gasteiger partial charge in [-0.25, -0.2) is 0 Å². The van der Waals surface area contributed by atoms with E-state index >= 15 is 0 Å². The van der Waals surface area contributed by atoms with Crippen molar-refractivity contribution in [2.24, 2.45) is 0 Å². The van der Waals surface area contributed by atoms with Crippen LogP contribution in [0.25, 0.3) is 0 Å². The van der Waals surface area contributed by atoms with Crippen LogP contribution in [-0.4, -0.2) is 16.1 Å². The molecule has 0 rings (SSSR count). The lowest BCUT2D eigenvalue weighted by molar-refractivity contribution is -0.432. The number of aldehydes is 1. The first-order chi connectivity index (χ1) is 12.0. The average Bonchev–Trinajstić information content (AvgIpc) is 2.57. The minimum absolute atomic E-state index is 0.00330. The molecule has 0 fully saturated rings. The van der Waals surface area contributed by atoms with Crippen LogP contribution in [0, 0.1) is 20.2 Å². The van der Waals surface area contributed by atoms with E-state index in [1.54, 1.807) is 6.92 Å². The second-order valence-electron chi connectivity index (χ2n) is 5.68. The van der Waals surface area contributed by atoms with Crippen LogP contribution < -0.4 is 0 Å². The molecule has 0 aromatic heterocycles. The standard InChI is InChI=1S/C18H28N2O5/c1-2-17(19(22)23)14-15-18(20(24)25)13-11-9-7-5-3-4-6-8-10-12-16-21/h7,9,13-14,16H,2-6,8,10-12,15H2,1H3/b9-7+,17-14-,18-13-. The summed E-state index contributed by atoms with van der Waals surface area (Å²) in [4.78, 5) is 30.8. The lowest BCUT2D eigenvalue weighted by Crippen LogP contribution is -2.01. The van der Waals surface area contributed by atoms with Gasteiger partial charge in [-0.2, -0.15) is 0 Å². The van der Waals surface area contributed by atoms with Gasteiger partial charge in [0.1, 0.15) is 6.29 Å². The summed E-state index contributed by atoms with van der Waals surface area (Å²) in [6, 6.07) is 0. The van der Waals surface area contributed by atoms with Crippen LogP contribution >= 0.6 is 0 Å². The molecule has 0 aliphatic rings. The van der Waals surface area contributed by atoms with Crippen LogP contribution in [-0.2, 0) is 4.79 Å². The van der Waals surface area contributed by atoms with E-state index in [2.05, 4.69) is 0 Å². The predicted octanol–water partition coefficient (Wildman–Crippen LogP) is 4.98. The summed E-state index contributed by atoms with van der Waals surface area (Å²) >= 11 is 0. The third-order valence-electron chi connectivity index (χ3n) is 3.73. The summed E-state index contributed by atoms with van der Waals surface area (Å²) in [5, 5.41) is 21.7. The largest absolute Gasteiger partial charge is 0.303 e. The number of unbranched alkanes of at least 4 members (excludes halogenated alkanes) is 6. The minimum Gasteiger partial charge on any atom is -0.303 e. The highest BCUT2D eigenvalue weighted by molar-refractivity contribution is 5.48. The highest BCUT2D eigenvalue weighted by Crippen LogP contribution is 2.11. The Morgan fingerprint density at radius 2 is 1.44 bits per heavy atom. The molecule has 0 bridgehead atoms. The van der Waals surface area contributed by atoms with Crippen molar-refractivity contribution in [3.63, 3.8) is 0 Å². The first-order valence-electron chi connectivity index (χ1n) is 8.78. The Bertz CT molecular complexity index is 510. The van der Waals surface area contributed by atoms with Crippen LogP contribution in [0.2, 0.25) is 0 Å². The zero-order chi connectivity index (χ0) is 18.9. The van der Waals surface area contributed by atoms with E-state index in [4.69, 9.17) is 0 Å². The van der Waals surface area contributed by atoms with Crippen molar-refractivity contribution in [1.29, 1.82) is 0 Å². The number of nitrogens with zero attached hydrogens (tertiary/aromatic N) is 2. The molecule has 0 amide bonds. The van der Waals surface area contributed by atoms with Gasteiger partial charge in [0.2, 0.25) is 11.4 Å². The van der Waals surface area contributed by atoms with Crippen molar-refractivity contribution < 1.29 is 14.6 Å². The Morgan fingerprint density at radius 3 is 2.00 bits per heavy atom. The molecule has 0 saturated heterocycles. The fraction of sp³-hybridized carbons (Fsp3) is 0.611. The lowest BCUT2D eigenvalue weighted by Gasteiger charge is -1.97. The van der Waals surface area contributed by atoms with Gasteiger partial charge in [-0.15, -0.1) is 0 Å².